The molecule has 0 aliphatic carbocycles. The fourth-order valence-corrected chi connectivity index (χ4v) is 2.40. The lowest BCUT2D eigenvalue weighted by Crippen LogP contribution is -2.17. The predicted octanol–water partition coefficient (Wildman–Crippen LogP) is 0.812. The van der Waals surface area contributed by atoms with Crippen molar-refractivity contribution in [1.82, 2.24) is 34.7 Å². The average Bonchev–Trinajstić information content (AvgIpc) is 3.25. The molecule has 0 unspecified atom stereocenters. The molecule has 0 aliphatic heterocycles. The van der Waals surface area contributed by atoms with Crippen LogP contribution in [0.25, 0.3) is 16.7 Å². The molecular weight excluding hydrogens is 308 g/mol. The third-order valence-corrected chi connectivity index (χ3v) is 3.54. The number of aromatic nitrogens is 7. The van der Waals surface area contributed by atoms with E-state index in [1.165, 1.54) is 6.20 Å². The third-order valence-electron chi connectivity index (χ3n) is 3.54. The molecule has 0 spiro atoms. The number of nitrogens with one attached hydrogen (secondary N) is 2. The first kappa shape index (κ1) is 14.1. The number of rotatable bonds is 5. The van der Waals surface area contributed by atoms with Crippen LogP contribution in [0.5, 0.6) is 0 Å². The van der Waals surface area contributed by atoms with Crippen LogP contribution >= 0.6 is 0 Å². The van der Waals surface area contributed by atoms with Crippen molar-refractivity contribution in [3.63, 3.8) is 0 Å². The Hall–Kier alpha value is -3.49. The number of hydrogen-bond donors (Lipinski definition) is 2. The molecule has 0 amide bonds. The molecule has 3 heterocycles. The summed E-state index contributed by atoms with van der Waals surface area (Å²) in [6.07, 6.45) is 4.91. The molecule has 9 nitrogen and oxygen atoms in total. The van der Waals surface area contributed by atoms with Crippen molar-refractivity contribution in [3.8, 4) is 5.69 Å². The van der Waals surface area contributed by atoms with E-state index in [0.717, 1.165) is 5.69 Å². The van der Waals surface area contributed by atoms with Gasteiger partial charge in [0.2, 0.25) is 5.95 Å². The summed E-state index contributed by atoms with van der Waals surface area (Å²) in [7, 11) is 0. The van der Waals surface area contributed by atoms with E-state index in [2.05, 4.69) is 30.7 Å². The van der Waals surface area contributed by atoms with E-state index in [4.69, 9.17) is 0 Å². The molecule has 4 rings (SSSR count). The Kier molecular flexibility index (Phi) is 3.50. The largest absolute Gasteiger partial charge is 0.354 e. The Morgan fingerprint density at radius 2 is 2.08 bits per heavy atom. The van der Waals surface area contributed by atoms with Crippen LogP contribution in [0.2, 0.25) is 0 Å². The minimum Gasteiger partial charge on any atom is -0.354 e. The van der Waals surface area contributed by atoms with E-state index in [9.17, 15) is 4.79 Å². The molecule has 1 aromatic carbocycles. The van der Waals surface area contributed by atoms with E-state index >= 15 is 0 Å². The Morgan fingerprint density at radius 1 is 1.21 bits per heavy atom. The van der Waals surface area contributed by atoms with Gasteiger partial charge in [0.1, 0.15) is 5.39 Å². The van der Waals surface area contributed by atoms with Gasteiger partial charge in [-0.05, 0) is 12.1 Å². The van der Waals surface area contributed by atoms with E-state index in [-0.39, 0.29) is 5.56 Å². The second-order valence-corrected chi connectivity index (χ2v) is 5.14. The minimum absolute atomic E-state index is 0.231. The number of benzene rings is 1. The van der Waals surface area contributed by atoms with E-state index in [1.807, 2.05) is 30.3 Å². The van der Waals surface area contributed by atoms with Crippen LogP contribution in [0.15, 0.2) is 53.7 Å². The quantitative estimate of drug-likeness (QED) is 0.563. The van der Waals surface area contributed by atoms with E-state index in [0.29, 0.717) is 30.1 Å². The van der Waals surface area contributed by atoms with Crippen LogP contribution < -0.4 is 10.9 Å². The standard InChI is InChI=1S/C15H14N8O/c24-14-12-10-18-23(11-4-2-1-3-5-11)13(12)19-15(20-14)16-6-8-22-9-7-17-21-22/h1-5,7,9-10H,6,8H2,(H2,16,19,20,24). The summed E-state index contributed by atoms with van der Waals surface area (Å²) in [6, 6.07) is 9.56. The molecule has 0 atom stereocenters. The number of nitrogens with zero attached hydrogens (tertiary/aromatic N) is 6. The highest BCUT2D eigenvalue weighted by atomic mass is 16.1. The highest BCUT2D eigenvalue weighted by Gasteiger charge is 2.11. The summed E-state index contributed by atoms with van der Waals surface area (Å²) in [5.74, 6) is 0.394. The van der Waals surface area contributed by atoms with E-state index in [1.54, 1.807) is 21.8 Å². The topological polar surface area (TPSA) is 106 Å². The summed E-state index contributed by atoms with van der Waals surface area (Å²) in [6.45, 7) is 1.16. The molecule has 120 valence electrons. The molecule has 4 aromatic rings. The summed E-state index contributed by atoms with van der Waals surface area (Å²) in [5.41, 5.74) is 1.12. The lowest BCUT2D eigenvalue weighted by atomic mass is 10.3. The van der Waals surface area contributed by atoms with Gasteiger partial charge < -0.3 is 5.32 Å². The van der Waals surface area contributed by atoms with Gasteiger partial charge in [-0.15, -0.1) is 5.10 Å². The first-order valence-corrected chi connectivity index (χ1v) is 7.43. The van der Waals surface area contributed by atoms with Crippen LogP contribution in [-0.4, -0.2) is 41.3 Å². The first-order chi connectivity index (χ1) is 11.8. The van der Waals surface area contributed by atoms with Crippen LogP contribution in [0, 0.1) is 0 Å². The highest BCUT2D eigenvalue weighted by molar-refractivity contribution is 5.76. The van der Waals surface area contributed by atoms with Gasteiger partial charge >= 0.3 is 0 Å². The lowest BCUT2D eigenvalue weighted by Gasteiger charge is -2.06. The molecule has 0 saturated heterocycles. The maximum absolute atomic E-state index is 12.2. The van der Waals surface area contributed by atoms with Crippen molar-refractivity contribution >= 4 is 17.0 Å². The third kappa shape index (κ3) is 2.62. The molecule has 0 aliphatic rings. The van der Waals surface area contributed by atoms with Crippen molar-refractivity contribution < 1.29 is 0 Å². The van der Waals surface area contributed by atoms with Gasteiger partial charge in [0, 0.05) is 12.7 Å². The van der Waals surface area contributed by atoms with Gasteiger partial charge in [-0.2, -0.15) is 10.1 Å². The zero-order valence-corrected chi connectivity index (χ0v) is 12.6. The minimum atomic E-state index is -0.231. The molecule has 24 heavy (non-hydrogen) atoms. The number of H-pyrrole nitrogens is 1. The SMILES string of the molecule is O=c1[nH]c(NCCn2ccnn2)nc2c1cnn2-c1ccccc1. The highest BCUT2D eigenvalue weighted by Crippen LogP contribution is 2.14. The molecule has 2 N–H and O–H groups in total. The summed E-state index contributed by atoms with van der Waals surface area (Å²) in [5, 5.41) is 15.4. The van der Waals surface area contributed by atoms with Gasteiger partial charge in [-0.3, -0.25) is 14.5 Å². The average molecular weight is 322 g/mol. The molecule has 3 aromatic heterocycles. The van der Waals surface area contributed by atoms with Crippen molar-refractivity contribution in [1.29, 1.82) is 0 Å². The molecule has 0 radical (unpaired) electrons. The second-order valence-electron chi connectivity index (χ2n) is 5.14. The second kappa shape index (κ2) is 5.95. The molecular formula is C15H14N8O. The van der Waals surface area contributed by atoms with Crippen LogP contribution in [0.1, 0.15) is 0 Å². The molecule has 0 bridgehead atoms. The zero-order chi connectivity index (χ0) is 16.4. The number of para-hydroxylation sites is 1. The summed E-state index contributed by atoms with van der Waals surface area (Å²) >= 11 is 0. The number of anilines is 1. The van der Waals surface area contributed by atoms with Crippen LogP contribution in [-0.2, 0) is 6.54 Å². The van der Waals surface area contributed by atoms with Gasteiger partial charge in [0.15, 0.2) is 5.65 Å². The van der Waals surface area contributed by atoms with Gasteiger partial charge in [0.25, 0.3) is 5.56 Å². The fraction of sp³-hybridized carbons (Fsp3) is 0.133. The zero-order valence-electron chi connectivity index (χ0n) is 12.6. The normalized spacial score (nSPS) is 11.0. The Balaban J connectivity index is 1.64. The lowest BCUT2D eigenvalue weighted by molar-refractivity contribution is 0.607. The summed E-state index contributed by atoms with van der Waals surface area (Å²) < 4.78 is 3.34. The fourth-order valence-electron chi connectivity index (χ4n) is 2.40. The van der Waals surface area contributed by atoms with Gasteiger partial charge in [0.05, 0.1) is 24.6 Å². The molecule has 0 fully saturated rings. The van der Waals surface area contributed by atoms with Crippen molar-refractivity contribution in [2.45, 2.75) is 6.54 Å². The first-order valence-electron chi connectivity index (χ1n) is 7.43. The van der Waals surface area contributed by atoms with Crippen molar-refractivity contribution in [2.24, 2.45) is 0 Å². The Labute approximate surface area is 136 Å². The van der Waals surface area contributed by atoms with E-state index < -0.39 is 0 Å². The predicted molar refractivity (Wildman–Crippen MR) is 88.0 cm³/mol. The smallest absolute Gasteiger partial charge is 0.263 e. The van der Waals surface area contributed by atoms with Gasteiger partial charge in [-0.1, -0.05) is 23.4 Å². The van der Waals surface area contributed by atoms with Crippen molar-refractivity contribution in [3.05, 3.63) is 59.3 Å². The summed E-state index contributed by atoms with van der Waals surface area (Å²) in [4.78, 5) is 19.4. The number of hydrogen-bond acceptors (Lipinski definition) is 6. The van der Waals surface area contributed by atoms with Crippen LogP contribution in [0.3, 0.4) is 0 Å². The molecule has 9 heteroatoms. The Bertz CT molecular complexity index is 1000. The maximum atomic E-state index is 12.2. The maximum Gasteiger partial charge on any atom is 0.263 e. The van der Waals surface area contributed by atoms with Gasteiger partial charge in [-0.25, -0.2) is 4.68 Å². The van der Waals surface area contributed by atoms with Crippen LogP contribution in [0.4, 0.5) is 5.95 Å². The van der Waals surface area contributed by atoms with Crippen molar-refractivity contribution in [2.75, 3.05) is 11.9 Å². The Morgan fingerprint density at radius 3 is 2.88 bits per heavy atom. The number of fused-ring (bicyclic) bond motifs is 1. The monoisotopic (exact) mass is 322 g/mol. The molecule has 0 saturated carbocycles. The number of aromatic amines is 1.